The smallest absolute Gasteiger partial charge is 0.221 e. The molecule has 3 N–H and O–H groups in total. The first-order valence-electron chi connectivity index (χ1n) is 6.34. The third-order valence-corrected chi connectivity index (χ3v) is 4.28. The van der Waals surface area contributed by atoms with Crippen LogP contribution >= 0.6 is 11.8 Å². The molecular weight excluding hydrogens is 268 g/mol. The molecule has 3 nitrogen and oxygen atoms in total. The highest BCUT2D eigenvalue weighted by molar-refractivity contribution is 7.99. The summed E-state index contributed by atoms with van der Waals surface area (Å²) >= 11 is 1.65. The number of hydrogen-bond donors (Lipinski definition) is 2. The van der Waals surface area contributed by atoms with Crippen LogP contribution < -0.4 is 5.73 Å². The Labute approximate surface area is 121 Å². The SMILES string of the molecule is NC(=O)Cc1ccccc1Sc1c[nH]c2ccccc12. The summed E-state index contributed by atoms with van der Waals surface area (Å²) in [4.78, 5) is 16.6. The van der Waals surface area contributed by atoms with E-state index >= 15 is 0 Å². The number of carbonyl (C=O) groups excluding carboxylic acids is 1. The van der Waals surface area contributed by atoms with E-state index in [9.17, 15) is 4.79 Å². The van der Waals surface area contributed by atoms with Crippen LogP contribution in [0.15, 0.2) is 64.5 Å². The van der Waals surface area contributed by atoms with Crippen molar-refractivity contribution in [1.82, 2.24) is 4.98 Å². The van der Waals surface area contributed by atoms with Gasteiger partial charge in [0.05, 0.1) is 6.42 Å². The number of rotatable bonds is 4. The van der Waals surface area contributed by atoms with Crippen LogP contribution in [0.5, 0.6) is 0 Å². The number of amides is 1. The molecule has 0 atom stereocenters. The molecule has 3 rings (SSSR count). The van der Waals surface area contributed by atoms with Crippen molar-refractivity contribution < 1.29 is 4.79 Å². The number of aromatic nitrogens is 1. The molecule has 0 unspecified atom stereocenters. The Balaban J connectivity index is 1.97. The topological polar surface area (TPSA) is 58.9 Å². The van der Waals surface area contributed by atoms with Crippen LogP contribution in [-0.4, -0.2) is 10.9 Å². The molecule has 0 aliphatic rings. The molecule has 0 spiro atoms. The summed E-state index contributed by atoms with van der Waals surface area (Å²) in [6.45, 7) is 0. The van der Waals surface area contributed by atoms with Crippen LogP contribution in [0.3, 0.4) is 0 Å². The Kier molecular flexibility index (Phi) is 3.48. The molecule has 3 aromatic rings. The second kappa shape index (κ2) is 5.43. The normalized spacial score (nSPS) is 10.8. The first-order chi connectivity index (χ1) is 9.74. The molecule has 0 saturated heterocycles. The Morgan fingerprint density at radius 1 is 1.05 bits per heavy atom. The fraction of sp³-hybridized carbons (Fsp3) is 0.0625. The maximum absolute atomic E-state index is 11.1. The van der Waals surface area contributed by atoms with Crippen molar-refractivity contribution in [2.75, 3.05) is 0 Å². The van der Waals surface area contributed by atoms with Gasteiger partial charge in [0.15, 0.2) is 0 Å². The Morgan fingerprint density at radius 2 is 1.80 bits per heavy atom. The number of H-pyrrole nitrogens is 1. The van der Waals surface area contributed by atoms with E-state index in [0.717, 1.165) is 20.9 Å². The van der Waals surface area contributed by atoms with Gasteiger partial charge in [-0.1, -0.05) is 48.2 Å². The van der Waals surface area contributed by atoms with E-state index in [2.05, 4.69) is 17.1 Å². The van der Waals surface area contributed by atoms with Crippen molar-refractivity contribution >= 4 is 28.6 Å². The molecular formula is C16H14N2OS. The van der Waals surface area contributed by atoms with Gasteiger partial charge in [-0.15, -0.1) is 0 Å². The molecule has 0 aliphatic carbocycles. The summed E-state index contributed by atoms with van der Waals surface area (Å²) < 4.78 is 0. The summed E-state index contributed by atoms with van der Waals surface area (Å²) in [6.07, 6.45) is 2.27. The van der Waals surface area contributed by atoms with Gasteiger partial charge in [0.1, 0.15) is 0 Å². The predicted molar refractivity (Wildman–Crippen MR) is 81.8 cm³/mol. The monoisotopic (exact) mass is 282 g/mol. The zero-order valence-electron chi connectivity index (χ0n) is 10.8. The zero-order valence-corrected chi connectivity index (χ0v) is 11.6. The average molecular weight is 282 g/mol. The molecule has 2 aromatic carbocycles. The molecule has 1 heterocycles. The van der Waals surface area contributed by atoms with Crippen molar-refractivity contribution in [2.45, 2.75) is 16.2 Å². The number of fused-ring (bicyclic) bond motifs is 1. The van der Waals surface area contributed by atoms with E-state index in [-0.39, 0.29) is 12.3 Å². The molecule has 0 fully saturated rings. The number of para-hydroxylation sites is 1. The van der Waals surface area contributed by atoms with E-state index < -0.39 is 0 Å². The van der Waals surface area contributed by atoms with Gasteiger partial charge in [-0.3, -0.25) is 4.79 Å². The van der Waals surface area contributed by atoms with Crippen molar-refractivity contribution in [3.8, 4) is 0 Å². The van der Waals surface area contributed by atoms with Crippen molar-refractivity contribution in [1.29, 1.82) is 0 Å². The maximum Gasteiger partial charge on any atom is 0.221 e. The molecule has 1 aromatic heterocycles. The predicted octanol–water partition coefficient (Wildman–Crippen LogP) is 3.35. The molecule has 1 amide bonds. The third-order valence-electron chi connectivity index (χ3n) is 3.11. The Morgan fingerprint density at radius 3 is 2.65 bits per heavy atom. The first-order valence-corrected chi connectivity index (χ1v) is 7.16. The quantitative estimate of drug-likeness (QED) is 0.771. The lowest BCUT2D eigenvalue weighted by Crippen LogP contribution is -2.14. The number of nitrogens with two attached hydrogens (primary N) is 1. The minimum Gasteiger partial charge on any atom is -0.369 e. The maximum atomic E-state index is 11.1. The van der Waals surface area contributed by atoms with Crippen molar-refractivity contribution in [3.63, 3.8) is 0 Å². The Bertz CT molecular complexity index is 764. The zero-order chi connectivity index (χ0) is 13.9. The minimum absolute atomic E-state index is 0.269. The highest BCUT2D eigenvalue weighted by Gasteiger charge is 2.09. The minimum atomic E-state index is -0.308. The lowest BCUT2D eigenvalue weighted by molar-refractivity contribution is -0.117. The van der Waals surface area contributed by atoms with Crippen LogP contribution in [0.2, 0.25) is 0 Å². The fourth-order valence-electron chi connectivity index (χ4n) is 2.18. The van der Waals surface area contributed by atoms with Crippen LogP contribution in [0, 0.1) is 0 Å². The van der Waals surface area contributed by atoms with Crippen LogP contribution in [-0.2, 0) is 11.2 Å². The van der Waals surface area contributed by atoms with E-state index in [1.54, 1.807) is 11.8 Å². The molecule has 0 aliphatic heterocycles. The van der Waals surface area contributed by atoms with Gasteiger partial charge in [-0.05, 0) is 17.7 Å². The number of nitrogens with one attached hydrogen (secondary N) is 1. The molecule has 20 heavy (non-hydrogen) atoms. The highest BCUT2D eigenvalue weighted by atomic mass is 32.2. The van der Waals surface area contributed by atoms with Gasteiger partial charge in [-0.2, -0.15) is 0 Å². The lowest BCUT2D eigenvalue weighted by Gasteiger charge is -2.06. The van der Waals surface area contributed by atoms with E-state index in [1.165, 1.54) is 5.39 Å². The molecule has 100 valence electrons. The van der Waals surface area contributed by atoms with Gasteiger partial charge in [-0.25, -0.2) is 0 Å². The third kappa shape index (κ3) is 2.56. The van der Waals surface area contributed by atoms with E-state index in [1.807, 2.05) is 42.6 Å². The molecule has 0 radical (unpaired) electrons. The summed E-state index contributed by atoms with van der Waals surface area (Å²) in [5.74, 6) is -0.308. The van der Waals surface area contributed by atoms with Gasteiger partial charge in [0, 0.05) is 26.9 Å². The Hall–Kier alpha value is -2.20. The number of primary amides is 1. The number of hydrogen-bond acceptors (Lipinski definition) is 2. The number of benzene rings is 2. The van der Waals surface area contributed by atoms with Crippen LogP contribution in [0.4, 0.5) is 0 Å². The first kappa shape index (κ1) is 12.8. The highest BCUT2D eigenvalue weighted by Crippen LogP contribution is 2.35. The lowest BCUT2D eigenvalue weighted by atomic mass is 10.1. The van der Waals surface area contributed by atoms with E-state index in [4.69, 9.17) is 5.73 Å². The van der Waals surface area contributed by atoms with Crippen molar-refractivity contribution in [3.05, 3.63) is 60.3 Å². The average Bonchev–Trinajstić information content (AvgIpc) is 2.84. The number of aromatic amines is 1. The summed E-state index contributed by atoms with van der Waals surface area (Å²) in [5.41, 5.74) is 7.38. The second-order valence-electron chi connectivity index (χ2n) is 4.55. The molecule has 4 heteroatoms. The van der Waals surface area contributed by atoms with Gasteiger partial charge >= 0.3 is 0 Å². The van der Waals surface area contributed by atoms with Gasteiger partial charge in [0.2, 0.25) is 5.91 Å². The summed E-state index contributed by atoms with van der Waals surface area (Å²) in [7, 11) is 0. The largest absolute Gasteiger partial charge is 0.369 e. The standard InChI is InChI=1S/C16H14N2OS/c17-16(19)9-11-5-1-4-8-14(11)20-15-10-18-13-7-3-2-6-12(13)15/h1-8,10,18H,9H2,(H2,17,19). The van der Waals surface area contributed by atoms with E-state index in [0.29, 0.717) is 0 Å². The van der Waals surface area contributed by atoms with Crippen molar-refractivity contribution in [2.24, 2.45) is 5.73 Å². The molecule has 0 bridgehead atoms. The van der Waals surface area contributed by atoms with Crippen LogP contribution in [0.1, 0.15) is 5.56 Å². The molecule has 0 saturated carbocycles. The second-order valence-corrected chi connectivity index (χ2v) is 5.64. The summed E-state index contributed by atoms with van der Waals surface area (Å²) in [6, 6.07) is 16.0. The summed E-state index contributed by atoms with van der Waals surface area (Å²) in [5, 5.41) is 1.19. The van der Waals surface area contributed by atoms with Gasteiger partial charge in [0.25, 0.3) is 0 Å². The van der Waals surface area contributed by atoms with Crippen LogP contribution in [0.25, 0.3) is 10.9 Å². The van der Waals surface area contributed by atoms with Gasteiger partial charge < -0.3 is 10.7 Å². The fourth-order valence-corrected chi connectivity index (χ4v) is 3.25. The number of carbonyl (C=O) groups is 1.